The summed E-state index contributed by atoms with van der Waals surface area (Å²) >= 11 is 1.67. The van der Waals surface area contributed by atoms with Gasteiger partial charge in [-0.15, -0.1) is 11.3 Å². The minimum absolute atomic E-state index is 0.0137. The Balaban J connectivity index is 2.14. The summed E-state index contributed by atoms with van der Waals surface area (Å²) in [5.74, 6) is -0.280. The molecule has 1 aromatic heterocycles. The lowest BCUT2D eigenvalue weighted by atomic mass is 10.2. The van der Waals surface area contributed by atoms with Crippen LogP contribution in [0.4, 0.5) is 10.1 Å². The number of halogens is 1. The fraction of sp³-hybridized carbons (Fsp3) is 0.286. The molecule has 0 bridgehead atoms. The molecule has 2 aromatic rings. The van der Waals surface area contributed by atoms with Crippen molar-refractivity contribution in [2.24, 2.45) is 0 Å². The van der Waals surface area contributed by atoms with E-state index in [1.165, 1.54) is 17.0 Å². The number of hydrogen-bond donors (Lipinski definition) is 2. The first kappa shape index (κ1) is 13.1. The summed E-state index contributed by atoms with van der Waals surface area (Å²) < 4.78 is 13.1. The maximum atomic E-state index is 13.1. The fourth-order valence-corrected chi connectivity index (χ4v) is 2.75. The van der Waals surface area contributed by atoms with Crippen molar-refractivity contribution >= 4 is 17.0 Å². The molecule has 0 saturated heterocycles. The SMILES string of the molecule is CCc1ccc(C(CO)Nc2cccc(F)c2)s1. The molecule has 1 atom stereocenters. The first-order chi connectivity index (χ1) is 8.72. The van der Waals surface area contributed by atoms with Crippen LogP contribution in [0.15, 0.2) is 36.4 Å². The lowest BCUT2D eigenvalue weighted by Crippen LogP contribution is -2.13. The molecule has 0 saturated carbocycles. The van der Waals surface area contributed by atoms with Crippen LogP contribution in [-0.2, 0) is 6.42 Å². The summed E-state index contributed by atoms with van der Waals surface area (Å²) in [5.41, 5.74) is 0.681. The molecule has 2 rings (SSSR count). The minimum Gasteiger partial charge on any atom is -0.394 e. The van der Waals surface area contributed by atoms with Crippen LogP contribution >= 0.6 is 11.3 Å². The second kappa shape index (κ2) is 5.98. The van der Waals surface area contributed by atoms with Gasteiger partial charge in [-0.2, -0.15) is 0 Å². The zero-order chi connectivity index (χ0) is 13.0. The van der Waals surface area contributed by atoms with Crippen LogP contribution in [0.5, 0.6) is 0 Å². The van der Waals surface area contributed by atoms with Crippen molar-refractivity contribution < 1.29 is 9.50 Å². The van der Waals surface area contributed by atoms with E-state index >= 15 is 0 Å². The molecule has 0 aliphatic rings. The van der Waals surface area contributed by atoms with E-state index in [0.717, 1.165) is 11.3 Å². The van der Waals surface area contributed by atoms with Crippen LogP contribution in [0.3, 0.4) is 0 Å². The summed E-state index contributed by atoms with van der Waals surface area (Å²) in [6, 6.07) is 10.2. The zero-order valence-electron chi connectivity index (χ0n) is 10.2. The highest BCUT2D eigenvalue weighted by Crippen LogP contribution is 2.26. The molecule has 0 aliphatic carbocycles. The second-order valence-electron chi connectivity index (χ2n) is 4.05. The predicted octanol–water partition coefficient (Wildman–Crippen LogP) is 3.60. The average molecular weight is 265 g/mol. The number of hydrogen-bond acceptors (Lipinski definition) is 3. The zero-order valence-corrected chi connectivity index (χ0v) is 11.0. The summed E-state index contributed by atoms with van der Waals surface area (Å²) in [6.45, 7) is 2.09. The van der Waals surface area contributed by atoms with Gasteiger partial charge in [-0.3, -0.25) is 0 Å². The van der Waals surface area contributed by atoms with Gasteiger partial charge in [0.2, 0.25) is 0 Å². The Kier molecular flexibility index (Phi) is 4.33. The number of nitrogens with one attached hydrogen (secondary N) is 1. The maximum Gasteiger partial charge on any atom is 0.125 e. The molecule has 0 fully saturated rings. The number of thiophene rings is 1. The van der Waals surface area contributed by atoms with Crippen molar-refractivity contribution in [1.82, 2.24) is 0 Å². The van der Waals surface area contributed by atoms with Crippen molar-refractivity contribution in [3.8, 4) is 0 Å². The van der Waals surface area contributed by atoms with E-state index in [2.05, 4.69) is 18.3 Å². The molecule has 0 amide bonds. The standard InChI is InChI=1S/C14H16FNOS/c1-2-12-6-7-14(18-12)13(9-17)16-11-5-3-4-10(15)8-11/h3-8,13,16-17H,2,9H2,1H3. The van der Waals surface area contributed by atoms with Crippen LogP contribution in [0.2, 0.25) is 0 Å². The number of anilines is 1. The van der Waals surface area contributed by atoms with E-state index in [9.17, 15) is 9.50 Å². The van der Waals surface area contributed by atoms with Crippen LogP contribution in [-0.4, -0.2) is 11.7 Å². The van der Waals surface area contributed by atoms with Crippen molar-refractivity contribution in [3.63, 3.8) is 0 Å². The van der Waals surface area contributed by atoms with Crippen LogP contribution in [0, 0.1) is 5.82 Å². The van der Waals surface area contributed by atoms with Gasteiger partial charge in [-0.1, -0.05) is 13.0 Å². The first-order valence-electron chi connectivity index (χ1n) is 5.94. The molecule has 2 nitrogen and oxygen atoms in total. The first-order valence-corrected chi connectivity index (χ1v) is 6.76. The summed E-state index contributed by atoms with van der Waals surface area (Å²) in [5, 5.41) is 12.6. The van der Waals surface area contributed by atoms with Gasteiger partial charge in [0.05, 0.1) is 12.6 Å². The number of benzene rings is 1. The largest absolute Gasteiger partial charge is 0.394 e. The predicted molar refractivity (Wildman–Crippen MR) is 73.5 cm³/mol. The normalized spacial score (nSPS) is 12.4. The average Bonchev–Trinajstić information content (AvgIpc) is 2.84. The number of rotatable bonds is 5. The van der Waals surface area contributed by atoms with E-state index in [0.29, 0.717) is 5.69 Å². The fourth-order valence-electron chi connectivity index (χ4n) is 1.76. The number of aliphatic hydroxyl groups excluding tert-OH is 1. The molecule has 18 heavy (non-hydrogen) atoms. The molecule has 1 heterocycles. The highest BCUT2D eigenvalue weighted by molar-refractivity contribution is 7.12. The Morgan fingerprint density at radius 3 is 2.78 bits per heavy atom. The van der Waals surface area contributed by atoms with Crippen LogP contribution < -0.4 is 5.32 Å². The van der Waals surface area contributed by atoms with E-state index < -0.39 is 0 Å². The summed E-state index contributed by atoms with van der Waals surface area (Å²) in [6.07, 6.45) is 0.989. The molecule has 4 heteroatoms. The Hall–Kier alpha value is -1.39. The lowest BCUT2D eigenvalue weighted by molar-refractivity contribution is 0.277. The van der Waals surface area contributed by atoms with Gasteiger partial charge < -0.3 is 10.4 Å². The van der Waals surface area contributed by atoms with Crippen molar-refractivity contribution in [1.29, 1.82) is 0 Å². The molecule has 1 unspecified atom stereocenters. The van der Waals surface area contributed by atoms with Crippen LogP contribution in [0.25, 0.3) is 0 Å². The maximum absolute atomic E-state index is 13.1. The number of aryl methyl sites for hydroxylation is 1. The third-order valence-corrected chi connectivity index (χ3v) is 4.07. The van der Waals surface area contributed by atoms with E-state index in [1.54, 1.807) is 23.5 Å². The van der Waals surface area contributed by atoms with E-state index in [4.69, 9.17) is 0 Å². The Labute approximate surface area is 110 Å². The number of aliphatic hydroxyl groups is 1. The van der Waals surface area contributed by atoms with Crippen molar-refractivity contribution in [2.75, 3.05) is 11.9 Å². The van der Waals surface area contributed by atoms with Gasteiger partial charge >= 0.3 is 0 Å². The molecular weight excluding hydrogens is 249 g/mol. The highest BCUT2D eigenvalue weighted by Gasteiger charge is 2.12. The second-order valence-corrected chi connectivity index (χ2v) is 5.25. The Morgan fingerprint density at radius 1 is 1.33 bits per heavy atom. The molecule has 0 spiro atoms. The van der Waals surface area contributed by atoms with E-state index in [1.807, 2.05) is 6.07 Å². The Morgan fingerprint density at radius 2 is 2.17 bits per heavy atom. The summed E-state index contributed by atoms with van der Waals surface area (Å²) in [7, 11) is 0. The summed E-state index contributed by atoms with van der Waals surface area (Å²) in [4.78, 5) is 2.35. The van der Waals surface area contributed by atoms with Gasteiger partial charge in [-0.05, 0) is 36.8 Å². The van der Waals surface area contributed by atoms with Gasteiger partial charge in [0.25, 0.3) is 0 Å². The molecule has 1 aromatic carbocycles. The minimum atomic E-state index is -0.280. The van der Waals surface area contributed by atoms with Gasteiger partial charge in [-0.25, -0.2) is 4.39 Å². The molecule has 0 aliphatic heterocycles. The van der Waals surface area contributed by atoms with Crippen molar-refractivity contribution in [3.05, 3.63) is 52.0 Å². The quantitative estimate of drug-likeness (QED) is 0.866. The molecular formula is C14H16FNOS. The topological polar surface area (TPSA) is 32.3 Å². The lowest BCUT2D eigenvalue weighted by Gasteiger charge is -2.16. The molecule has 2 N–H and O–H groups in total. The molecule has 0 radical (unpaired) electrons. The van der Waals surface area contributed by atoms with E-state index in [-0.39, 0.29) is 18.5 Å². The Bertz CT molecular complexity index is 512. The van der Waals surface area contributed by atoms with Crippen molar-refractivity contribution in [2.45, 2.75) is 19.4 Å². The third kappa shape index (κ3) is 3.09. The van der Waals surface area contributed by atoms with Crippen LogP contribution in [0.1, 0.15) is 22.7 Å². The van der Waals surface area contributed by atoms with Gasteiger partial charge in [0, 0.05) is 15.4 Å². The van der Waals surface area contributed by atoms with Gasteiger partial charge in [0.1, 0.15) is 5.82 Å². The smallest absolute Gasteiger partial charge is 0.125 e. The highest BCUT2D eigenvalue weighted by atomic mass is 32.1. The third-order valence-electron chi connectivity index (χ3n) is 2.72. The van der Waals surface area contributed by atoms with Gasteiger partial charge in [0.15, 0.2) is 0 Å². The molecule has 96 valence electrons. The monoisotopic (exact) mass is 265 g/mol.